The molecular formula is C42H66O6. The predicted molar refractivity (Wildman–Crippen MR) is 193 cm³/mol. The van der Waals surface area contributed by atoms with E-state index in [2.05, 4.69) is 53.0 Å². The minimum atomic E-state index is -0.568. The Balaban J connectivity index is 1.37. The summed E-state index contributed by atoms with van der Waals surface area (Å²) in [7, 11) is 2.99. The molecule has 48 heavy (non-hydrogen) atoms. The Kier molecular flexibility index (Phi) is 12.0. The molecule has 0 heterocycles. The highest BCUT2D eigenvalue weighted by molar-refractivity contribution is 5.77. The number of unbranched alkanes of at least 4 members (excludes halogenated alkanes) is 1. The van der Waals surface area contributed by atoms with Crippen molar-refractivity contribution in [2.24, 2.45) is 45.3 Å². The van der Waals surface area contributed by atoms with Gasteiger partial charge in [0.2, 0.25) is 0 Å². The quantitative estimate of drug-likeness (QED) is 0.130. The molecule has 0 aromatic rings. The Hall–Kier alpha value is -2.18. The molecule has 270 valence electrons. The summed E-state index contributed by atoms with van der Waals surface area (Å²) in [6.07, 6.45) is 15.4. The smallest absolute Gasteiger partial charge is 0.311 e. The SMILES string of the molecule is C=C1CC[C@@H]2[C@](C)(CCC[C@]2(C)C(=O)OC)[C@H]1C[C@@H](O)/C(C)=C/CC/C=C(\C)[C@@H](O)C[C@H]1C(=C)CC[C@@H]2[C@]1(C)CCC[C@]2(C)C(=O)OC. The Morgan fingerprint density at radius 2 is 1.08 bits per heavy atom. The van der Waals surface area contributed by atoms with Crippen molar-refractivity contribution in [2.45, 2.75) is 144 Å². The first-order chi connectivity index (χ1) is 22.5. The van der Waals surface area contributed by atoms with E-state index in [1.165, 1.54) is 25.4 Å². The molecule has 0 spiro atoms. The molecule has 0 unspecified atom stereocenters. The standard InChI is InChI=1S/C42H66O6/c1-27-17-19-35-39(5,21-13-23-41(35,7)37(45)47-9)31(27)25-33(43)29(3)15-11-12-16-30(4)34(44)26-32-28(2)18-20-36-40(32,6)22-14-24-42(36,8)38(46)48-10/h15-16,31-36,43-44H,1-2,11-14,17-26H2,3-10H3/b29-15+,30-16+/t31-,32-,33-,34+,35+,36+,39+,40+,41-,42-/m0/s1. The van der Waals surface area contributed by atoms with Crippen molar-refractivity contribution in [3.63, 3.8) is 0 Å². The third kappa shape index (κ3) is 7.04. The van der Waals surface area contributed by atoms with E-state index in [-0.39, 0.29) is 46.4 Å². The minimum absolute atomic E-state index is 0.0932. The molecule has 0 amide bonds. The van der Waals surface area contributed by atoms with Crippen molar-refractivity contribution in [2.75, 3.05) is 14.2 Å². The van der Waals surface area contributed by atoms with Gasteiger partial charge in [-0.2, -0.15) is 0 Å². The van der Waals surface area contributed by atoms with Crippen LogP contribution in [-0.4, -0.2) is 48.6 Å². The highest BCUT2D eigenvalue weighted by Crippen LogP contribution is 2.63. The third-order valence-electron chi connectivity index (χ3n) is 14.4. The summed E-state index contributed by atoms with van der Waals surface area (Å²) >= 11 is 0. The zero-order valence-corrected chi connectivity index (χ0v) is 31.5. The lowest BCUT2D eigenvalue weighted by atomic mass is 9.46. The average Bonchev–Trinajstić information content (AvgIpc) is 3.04. The lowest BCUT2D eigenvalue weighted by molar-refractivity contribution is -0.168. The number of esters is 2. The van der Waals surface area contributed by atoms with Crippen LogP contribution in [0.1, 0.15) is 131 Å². The van der Waals surface area contributed by atoms with Crippen LogP contribution < -0.4 is 0 Å². The van der Waals surface area contributed by atoms with Crippen LogP contribution in [-0.2, 0) is 19.1 Å². The lowest BCUT2D eigenvalue weighted by Gasteiger charge is -2.57. The summed E-state index contributed by atoms with van der Waals surface area (Å²) in [5.41, 5.74) is 3.17. The Morgan fingerprint density at radius 1 is 0.729 bits per heavy atom. The fourth-order valence-corrected chi connectivity index (χ4v) is 11.4. The second kappa shape index (κ2) is 15.0. The summed E-state index contributed by atoms with van der Waals surface area (Å²) in [4.78, 5) is 25.9. The monoisotopic (exact) mass is 666 g/mol. The fourth-order valence-electron chi connectivity index (χ4n) is 11.4. The van der Waals surface area contributed by atoms with E-state index in [4.69, 9.17) is 9.47 Å². The number of aliphatic hydroxyl groups excluding tert-OH is 2. The topological polar surface area (TPSA) is 93.1 Å². The molecule has 4 saturated carbocycles. The second-order valence-electron chi connectivity index (χ2n) is 17.1. The number of carbonyl (C=O) groups is 2. The Bertz CT molecular complexity index is 1200. The first-order valence-corrected chi connectivity index (χ1v) is 18.7. The molecule has 4 aliphatic rings. The van der Waals surface area contributed by atoms with Crippen LogP contribution in [0.5, 0.6) is 0 Å². The summed E-state index contributed by atoms with van der Waals surface area (Å²) in [6.45, 7) is 21.7. The number of fused-ring (bicyclic) bond motifs is 2. The first-order valence-electron chi connectivity index (χ1n) is 18.7. The molecule has 4 rings (SSSR count). The Labute approximate surface area is 291 Å². The van der Waals surface area contributed by atoms with Crippen LogP contribution >= 0.6 is 0 Å². The van der Waals surface area contributed by atoms with Gasteiger partial charge in [-0.25, -0.2) is 0 Å². The molecule has 4 fully saturated rings. The van der Waals surface area contributed by atoms with E-state index in [1.54, 1.807) is 0 Å². The molecule has 10 atom stereocenters. The molecule has 6 heteroatoms. The van der Waals surface area contributed by atoms with E-state index in [0.717, 1.165) is 88.2 Å². The number of aliphatic hydroxyl groups is 2. The molecule has 0 aliphatic heterocycles. The van der Waals surface area contributed by atoms with Gasteiger partial charge >= 0.3 is 11.9 Å². The fraction of sp³-hybridized carbons (Fsp3) is 0.762. The van der Waals surface area contributed by atoms with Gasteiger partial charge in [-0.05, 0) is 150 Å². The van der Waals surface area contributed by atoms with Gasteiger partial charge in [-0.1, -0.05) is 63.1 Å². The summed E-state index contributed by atoms with van der Waals surface area (Å²) in [5.74, 6) is 0.531. The van der Waals surface area contributed by atoms with Crippen LogP contribution in [0.4, 0.5) is 0 Å². The average molecular weight is 667 g/mol. The molecule has 0 radical (unpaired) electrons. The van der Waals surface area contributed by atoms with E-state index >= 15 is 0 Å². The van der Waals surface area contributed by atoms with Gasteiger partial charge in [-0.15, -0.1) is 0 Å². The molecule has 6 nitrogen and oxygen atoms in total. The van der Waals surface area contributed by atoms with Crippen molar-refractivity contribution >= 4 is 11.9 Å². The van der Waals surface area contributed by atoms with Gasteiger partial charge < -0.3 is 19.7 Å². The van der Waals surface area contributed by atoms with Gasteiger partial charge in [0.25, 0.3) is 0 Å². The summed E-state index contributed by atoms with van der Waals surface area (Å²) in [6, 6.07) is 0. The van der Waals surface area contributed by atoms with Crippen LogP contribution in [0.3, 0.4) is 0 Å². The lowest BCUT2D eigenvalue weighted by Crippen LogP contribution is -2.54. The van der Waals surface area contributed by atoms with Crippen molar-refractivity contribution in [1.29, 1.82) is 0 Å². The van der Waals surface area contributed by atoms with Crippen LogP contribution in [0.25, 0.3) is 0 Å². The largest absolute Gasteiger partial charge is 0.469 e. The molecule has 0 aromatic heterocycles. The van der Waals surface area contributed by atoms with Crippen molar-refractivity contribution in [1.82, 2.24) is 0 Å². The second-order valence-corrected chi connectivity index (χ2v) is 17.1. The maximum atomic E-state index is 12.9. The van der Waals surface area contributed by atoms with Gasteiger partial charge in [-0.3, -0.25) is 9.59 Å². The molecular weight excluding hydrogens is 600 g/mol. The van der Waals surface area contributed by atoms with Gasteiger partial charge in [0, 0.05) is 0 Å². The molecule has 2 N–H and O–H groups in total. The summed E-state index contributed by atoms with van der Waals surface area (Å²) < 4.78 is 10.6. The number of methoxy groups -OCH3 is 2. The maximum absolute atomic E-state index is 12.9. The van der Waals surface area contributed by atoms with E-state index in [9.17, 15) is 19.8 Å². The van der Waals surface area contributed by atoms with Crippen molar-refractivity contribution in [3.8, 4) is 0 Å². The number of carbonyl (C=O) groups excluding carboxylic acids is 2. The van der Waals surface area contributed by atoms with E-state index in [1.807, 2.05) is 13.8 Å². The van der Waals surface area contributed by atoms with Gasteiger partial charge in [0.1, 0.15) is 0 Å². The first kappa shape index (κ1) is 38.6. The molecule has 0 bridgehead atoms. The molecule has 0 saturated heterocycles. The third-order valence-corrected chi connectivity index (χ3v) is 14.4. The highest BCUT2D eigenvalue weighted by atomic mass is 16.5. The predicted octanol–water partition coefficient (Wildman–Crippen LogP) is 9.07. The number of allylic oxidation sites excluding steroid dienone is 4. The number of rotatable bonds is 11. The van der Waals surface area contributed by atoms with Gasteiger partial charge in [0.15, 0.2) is 0 Å². The van der Waals surface area contributed by atoms with Crippen LogP contribution in [0, 0.1) is 45.3 Å². The number of ether oxygens (including phenoxy) is 2. The highest BCUT2D eigenvalue weighted by Gasteiger charge is 2.59. The van der Waals surface area contributed by atoms with Crippen molar-refractivity contribution in [3.05, 3.63) is 47.6 Å². The normalized spacial score (nSPS) is 38.8. The summed E-state index contributed by atoms with van der Waals surface area (Å²) in [5, 5.41) is 22.8. The molecule has 0 aromatic carbocycles. The number of hydrogen-bond donors (Lipinski definition) is 2. The van der Waals surface area contributed by atoms with Crippen molar-refractivity contribution < 1.29 is 29.3 Å². The number of hydrogen-bond acceptors (Lipinski definition) is 6. The van der Waals surface area contributed by atoms with Crippen LogP contribution in [0.15, 0.2) is 47.6 Å². The zero-order valence-electron chi connectivity index (χ0n) is 31.5. The van der Waals surface area contributed by atoms with Crippen LogP contribution in [0.2, 0.25) is 0 Å². The molecule has 4 aliphatic carbocycles. The maximum Gasteiger partial charge on any atom is 0.311 e. The minimum Gasteiger partial charge on any atom is -0.469 e. The van der Waals surface area contributed by atoms with Gasteiger partial charge in [0.05, 0.1) is 37.3 Å². The van der Waals surface area contributed by atoms with E-state index in [0.29, 0.717) is 12.8 Å². The Morgan fingerprint density at radius 3 is 1.42 bits per heavy atom. The zero-order chi connectivity index (χ0) is 35.7. The van der Waals surface area contributed by atoms with E-state index < -0.39 is 23.0 Å².